The van der Waals surface area contributed by atoms with Crippen molar-refractivity contribution in [2.45, 2.75) is 59.3 Å². The van der Waals surface area contributed by atoms with E-state index in [-0.39, 0.29) is 19.1 Å². The van der Waals surface area contributed by atoms with Crippen molar-refractivity contribution in [1.82, 2.24) is 0 Å². The van der Waals surface area contributed by atoms with Gasteiger partial charge in [0.1, 0.15) is 0 Å². The third kappa shape index (κ3) is 7.65. The molecular formula is C41H44O3. The van der Waals surface area contributed by atoms with Gasteiger partial charge in [0.15, 0.2) is 0 Å². The first kappa shape index (κ1) is 31.2. The minimum Gasteiger partial charge on any atom is -0.462 e. The zero-order valence-electron chi connectivity index (χ0n) is 26.4. The Bertz CT molecular complexity index is 1780. The quantitative estimate of drug-likeness (QED) is 0.111. The monoisotopic (exact) mass is 584 g/mol. The number of rotatable bonds is 13. The normalized spacial score (nSPS) is 12.0. The number of ether oxygens (including phenoxy) is 1. The van der Waals surface area contributed by atoms with E-state index < -0.39 is 5.97 Å². The average Bonchev–Trinajstić information content (AvgIpc) is 3.05. The molecule has 0 aliphatic heterocycles. The molecule has 1 atom stereocenters. The van der Waals surface area contributed by atoms with Gasteiger partial charge >= 0.3 is 5.97 Å². The summed E-state index contributed by atoms with van der Waals surface area (Å²) in [5.41, 5.74) is 9.46. The van der Waals surface area contributed by atoms with E-state index in [0.29, 0.717) is 12.0 Å². The SMILES string of the molecule is C=C(C)C(=O)OCC(CO)Cc1ccc(CCc2ccc3cc(-c4ccc5cc(CCC)ccc5c4)ccc3c2)c(CC)c1. The Morgan fingerprint density at radius 2 is 1.27 bits per heavy atom. The van der Waals surface area contributed by atoms with Crippen LogP contribution in [0.1, 0.15) is 55.0 Å². The molecule has 0 saturated heterocycles. The van der Waals surface area contributed by atoms with Crippen LogP contribution in [0.15, 0.2) is 103 Å². The topological polar surface area (TPSA) is 46.5 Å². The smallest absolute Gasteiger partial charge is 0.333 e. The van der Waals surface area contributed by atoms with E-state index in [9.17, 15) is 9.90 Å². The van der Waals surface area contributed by atoms with Gasteiger partial charge in [0.2, 0.25) is 0 Å². The number of carbonyl (C=O) groups excluding carboxylic acids is 1. The molecule has 1 unspecified atom stereocenters. The van der Waals surface area contributed by atoms with Crippen LogP contribution in [0.3, 0.4) is 0 Å². The molecule has 0 spiro atoms. The molecule has 0 saturated carbocycles. The van der Waals surface area contributed by atoms with E-state index in [2.05, 4.69) is 111 Å². The number of aliphatic hydroxyl groups is 1. The summed E-state index contributed by atoms with van der Waals surface area (Å²) in [5, 5.41) is 14.9. The molecule has 0 bridgehead atoms. The molecule has 44 heavy (non-hydrogen) atoms. The summed E-state index contributed by atoms with van der Waals surface area (Å²) in [6.07, 6.45) is 5.86. The van der Waals surface area contributed by atoms with Crippen LogP contribution in [0, 0.1) is 5.92 Å². The third-order valence-corrected chi connectivity index (χ3v) is 8.60. The zero-order valence-corrected chi connectivity index (χ0v) is 26.4. The Morgan fingerprint density at radius 1 is 0.705 bits per heavy atom. The van der Waals surface area contributed by atoms with Crippen LogP contribution in [0.4, 0.5) is 0 Å². The van der Waals surface area contributed by atoms with Crippen LogP contribution in [-0.2, 0) is 41.6 Å². The first-order valence-electron chi connectivity index (χ1n) is 16.0. The van der Waals surface area contributed by atoms with Crippen molar-refractivity contribution in [3.05, 3.63) is 131 Å². The fourth-order valence-electron chi connectivity index (χ4n) is 6.03. The van der Waals surface area contributed by atoms with Gasteiger partial charge in [-0.2, -0.15) is 0 Å². The summed E-state index contributed by atoms with van der Waals surface area (Å²) in [6, 6.07) is 33.9. The number of esters is 1. The number of aryl methyl sites for hydroxylation is 4. The molecule has 5 aromatic rings. The molecule has 0 aliphatic rings. The van der Waals surface area contributed by atoms with Crippen molar-refractivity contribution in [3.63, 3.8) is 0 Å². The maximum atomic E-state index is 11.8. The molecule has 5 rings (SSSR count). The second-order valence-electron chi connectivity index (χ2n) is 12.1. The maximum absolute atomic E-state index is 11.8. The summed E-state index contributed by atoms with van der Waals surface area (Å²) in [6.45, 7) is 9.83. The number of benzene rings is 5. The average molecular weight is 585 g/mol. The van der Waals surface area contributed by atoms with Crippen LogP contribution < -0.4 is 0 Å². The van der Waals surface area contributed by atoms with Crippen LogP contribution in [0.2, 0.25) is 0 Å². The molecule has 3 heteroatoms. The van der Waals surface area contributed by atoms with E-state index in [1.54, 1.807) is 6.92 Å². The van der Waals surface area contributed by atoms with Crippen molar-refractivity contribution < 1.29 is 14.6 Å². The van der Waals surface area contributed by atoms with Crippen molar-refractivity contribution in [2.75, 3.05) is 13.2 Å². The molecule has 226 valence electrons. The number of hydrogen-bond donors (Lipinski definition) is 1. The van der Waals surface area contributed by atoms with Crippen molar-refractivity contribution >= 4 is 27.5 Å². The highest BCUT2D eigenvalue weighted by molar-refractivity contribution is 5.91. The molecule has 0 aliphatic carbocycles. The summed E-state index contributed by atoms with van der Waals surface area (Å²) in [5.74, 6) is -0.542. The Hall–Kier alpha value is -4.21. The second-order valence-corrected chi connectivity index (χ2v) is 12.1. The van der Waals surface area contributed by atoms with E-state index in [4.69, 9.17) is 4.74 Å². The molecule has 0 amide bonds. The van der Waals surface area contributed by atoms with Crippen LogP contribution in [0.5, 0.6) is 0 Å². The summed E-state index contributed by atoms with van der Waals surface area (Å²) in [4.78, 5) is 11.8. The largest absolute Gasteiger partial charge is 0.462 e. The number of hydrogen-bond acceptors (Lipinski definition) is 3. The van der Waals surface area contributed by atoms with Gasteiger partial charge in [0, 0.05) is 18.1 Å². The minimum atomic E-state index is -0.409. The van der Waals surface area contributed by atoms with Gasteiger partial charge in [-0.3, -0.25) is 0 Å². The highest BCUT2D eigenvalue weighted by Gasteiger charge is 2.14. The third-order valence-electron chi connectivity index (χ3n) is 8.60. The lowest BCUT2D eigenvalue weighted by Gasteiger charge is -2.16. The summed E-state index contributed by atoms with van der Waals surface area (Å²) < 4.78 is 5.28. The van der Waals surface area contributed by atoms with Gasteiger partial charge in [0.25, 0.3) is 0 Å². The van der Waals surface area contributed by atoms with Gasteiger partial charge in [-0.25, -0.2) is 4.79 Å². The Kier molecular flexibility index (Phi) is 10.3. The van der Waals surface area contributed by atoms with E-state index in [0.717, 1.165) is 31.2 Å². The maximum Gasteiger partial charge on any atom is 0.333 e. The minimum absolute atomic E-state index is 0.0295. The highest BCUT2D eigenvalue weighted by Crippen LogP contribution is 2.29. The Morgan fingerprint density at radius 3 is 1.84 bits per heavy atom. The second kappa shape index (κ2) is 14.5. The van der Waals surface area contributed by atoms with Gasteiger partial charge in [-0.1, -0.05) is 106 Å². The first-order chi connectivity index (χ1) is 21.4. The van der Waals surface area contributed by atoms with Crippen molar-refractivity contribution in [2.24, 2.45) is 5.92 Å². The van der Waals surface area contributed by atoms with E-state index in [1.807, 2.05) is 0 Å². The van der Waals surface area contributed by atoms with Crippen LogP contribution >= 0.6 is 0 Å². The van der Waals surface area contributed by atoms with Crippen LogP contribution in [-0.4, -0.2) is 24.3 Å². The van der Waals surface area contributed by atoms with E-state index >= 15 is 0 Å². The lowest BCUT2D eigenvalue weighted by atomic mass is 9.92. The number of fused-ring (bicyclic) bond motifs is 2. The number of aliphatic hydroxyl groups excluding tert-OH is 1. The molecule has 3 nitrogen and oxygen atoms in total. The lowest BCUT2D eigenvalue weighted by molar-refractivity contribution is -0.140. The molecule has 1 N–H and O–H groups in total. The Balaban J connectivity index is 1.25. The van der Waals surface area contributed by atoms with E-state index in [1.165, 1.54) is 61.3 Å². The van der Waals surface area contributed by atoms with Gasteiger partial charge in [0.05, 0.1) is 6.61 Å². The van der Waals surface area contributed by atoms with Gasteiger partial charge in [-0.15, -0.1) is 0 Å². The van der Waals surface area contributed by atoms with Crippen molar-refractivity contribution in [3.8, 4) is 11.1 Å². The number of carbonyl (C=O) groups is 1. The Labute approximate surface area is 262 Å². The molecule has 0 fully saturated rings. The molecule has 0 radical (unpaired) electrons. The standard InChI is InChI=1S/C41H44O3/c1-5-7-29-9-14-37-24-39(18-16-35(37)21-29)40-19-17-36-22-30(10-15-38(36)25-40)8-12-34-13-11-31(23-33(34)6-2)20-32(26-42)27-44-41(43)28(3)4/h9-11,13-19,21-25,32,42H,3,5-8,12,20,26-27H2,1-2,4H3. The zero-order chi connectivity index (χ0) is 31.1. The highest BCUT2D eigenvalue weighted by atomic mass is 16.5. The lowest BCUT2D eigenvalue weighted by Crippen LogP contribution is -2.20. The molecular weight excluding hydrogens is 540 g/mol. The molecule has 5 aromatic carbocycles. The summed E-state index contributed by atoms with van der Waals surface area (Å²) in [7, 11) is 0. The predicted molar refractivity (Wildman–Crippen MR) is 184 cm³/mol. The van der Waals surface area contributed by atoms with Crippen LogP contribution in [0.25, 0.3) is 32.7 Å². The first-order valence-corrected chi connectivity index (χ1v) is 16.0. The fraction of sp³-hybridized carbons (Fsp3) is 0.293. The molecule has 0 heterocycles. The fourth-order valence-corrected chi connectivity index (χ4v) is 6.03. The van der Waals surface area contributed by atoms with Gasteiger partial charge < -0.3 is 9.84 Å². The molecule has 0 aromatic heterocycles. The van der Waals surface area contributed by atoms with Gasteiger partial charge in [-0.05, 0) is 112 Å². The van der Waals surface area contributed by atoms with Crippen molar-refractivity contribution in [1.29, 1.82) is 0 Å². The predicted octanol–water partition coefficient (Wildman–Crippen LogP) is 9.23. The summed E-state index contributed by atoms with van der Waals surface area (Å²) >= 11 is 0.